The van der Waals surface area contributed by atoms with Gasteiger partial charge in [-0.25, -0.2) is 13.6 Å². The normalized spacial score (nSPS) is 13.7. The predicted octanol–water partition coefficient (Wildman–Crippen LogP) is 2.65. The van der Waals surface area contributed by atoms with Gasteiger partial charge in [-0.15, -0.1) is 0 Å². The molecule has 0 aliphatic heterocycles. The fourth-order valence-corrected chi connectivity index (χ4v) is 1.87. The van der Waals surface area contributed by atoms with Gasteiger partial charge in [0, 0.05) is 6.07 Å². The van der Waals surface area contributed by atoms with Crippen molar-refractivity contribution in [3.8, 4) is 0 Å². The molecule has 6 heteroatoms. The Hall–Kier alpha value is -1.98. The standard InChI is InChI=1S/C14H17F2NO3/c1-4-5-14(3,13(19)20)17-12(18)9-6-8(2)10(15)7-11(9)16/h6-7H,4-5H2,1-3H3,(H,17,18)(H,19,20). The maximum absolute atomic E-state index is 13.6. The summed E-state index contributed by atoms with van der Waals surface area (Å²) in [5.41, 5.74) is -1.74. The summed E-state index contributed by atoms with van der Waals surface area (Å²) in [4.78, 5) is 23.2. The number of carbonyl (C=O) groups is 2. The molecule has 0 aliphatic carbocycles. The Balaban J connectivity index is 3.07. The number of carbonyl (C=O) groups excluding carboxylic acids is 1. The number of halogens is 2. The SMILES string of the molecule is CCCC(C)(NC(=O)c1cc(C)c(F)cc1F)C(=O)O. The molecule has 1 unspecified atom stereocenters. The molecule has 0 bridgehead atoms. The minimum absolute atomic E-state index is 0.115. The first-order chi connectivity index (χ1) is 9.21. The molecule has 0 saturated carbocycles. The molecule has 1 rings (SSSR count). The number of hydrogen-bond acceptors (Lipinski definition) is 2. The molecule has 0 spiro atoms. The zero-order valence-corrected chi connectivity index (χ0v) is 11.6. The lowest BCUT2D eigenvalue weighted by Gasteiger charge is -2.26. The highest BCUT2D eigenvalue weighted by Crippen LogP contribution is 2.17. The molecule has 4 nitrogen and oxygen atoms in total. The minimum atomic E-state index is -1.49. The average Bonchev–Trinajstić information content (AvgIpc) is 2.33. The Morgan fingerprint density at radius 2 is 1.90 bits per heavy atom. The fraction of sp³-hybridized carbons (Fsp3) is 0.429. The van der Waals surface area contributed by atoms with Gasteiger partial charge in [-0.05, 0) is 31.9 Å². The molecule has 1 aromatic carbocycles. The van der Waals surface area contributed by atoms with Crippen molar-refractivity contribution in [2.24, 2.45) is 0 Å². The van der Waals surface area contributed by atoms with E-state index in [1.807, 2.05) is 0 Å². The fourth-order valence-electron chi connectivity index (χ4n) is 1.87. The van der Waals surface area contributed by atoms with E-state index in [2.05, 4.69) is 5.32 Å². The van der Waals surface area contributed by atoms with Crippen molar-refractivity contribution >= 4 is 11.9 Å². The Labute approximate surface area is 115 Å². The Kier molecular flexibility index (Phi) is 4.81. The third-order valence-electron chi connectivity index (χ3n) is 3.10. The molecular weight excluding hydrogens is 268 g/mol. The first kappa shape index (κ1) is 16.1. The van der Waals surface area contributed by atoms with Gasteiger partial charge >= 0.3 is 5.97 Å². The number of nitrogens with one attached hydrogen (secondary N) is 1. The van der Waals surface area contributed by atoms with Crippen molar-refractivity contribution in [1.29, 1.82) is 0 Å². The van der Waals surface area contributed by atoms with E-state index in [1.54, 1.807) is 6.92 Å². The van der Waals surface area contributed by atoms with Crippen LogP contribution in [0.3, 0.4) is 0 Å². The van der Waals surface area contributed by atoms with Crippen LogP contribution in [-0.4, -0.2) is 22.5 Å². The van der Waals surface area contributed by atoms with Gasteiger partial charge in [0.25, 0.3) is 5.91 Å². The minimum Gasteiger partial charge on any atom is -0.480 e. The number of aliphatic carboxylic acids is 1. The summed E-state index contributed by atoms with van der Waals surface area (Å²) in [5, 5.41) is 11.5. The number of rotatable bonds is 5. The first-order valence-electron chi connectivity index (χ1n) is 6.23. The van der Waals surface area contributed by atoms with Crippen LogP contribution in [0.4, 0.5) is 8.78 Å². The van der Waals surface area contributed by atoms with Crippen LogP contribution in [0.5, 0.6) is 0 Å². The van der Waals surface area contributed by atoms with Crippen LogP contribution in [-0.2, 0) is 4.79 Å². The number of hydrogen-bond donors (Lipinski definition) is 2. The predicted molar refractivity (Wildman–Crippen MR) is 69.5 cm³/mol. The lowest BCUT2D eigenvalue weighted by atomic mass is 9.95. The van der Waals surface area contributed by atoms with Crippen LogP contribution in [0.25, 0.3) is 0 Å². The molecule has 110 valence electrons. The number of benzene rings is 1. The van der Waals surface area contributed by atoms with Gasteiger partial charge in [-0.1, -0.05) is 13.3 Å². The summed E-state index contributed by atoms with van der Waals surface area (Å²) in [6.07, 6.45) is 0.740. The highest BCUT2D eigenvalue weighted by Gasteiger charge is 2.34. The average molecular weight is 285 g/mol. The molecule has 0 fully saturated rings. The molecule has 0 aromatic heterocycles. The second-order valence-corrected chi connectivity index (χ2v) is 4.92. The van der Waals surface area contributed by atoms with Crippen LogP contribution in [0.2, 0.25) is 0 Å². The molecule has 1 atom stereocenters. The molecule has 1 aromatic rings. The van der Waals surface area contributed by atoms with Gasteiger partial charge in [0.2, 0.25) is 0 Å². The molecule has 0 saturated heterocycles. The zero-order valence-electron chi connectivity index (χ0n) is 11.6. The summed E-state index contributed by atoms with van der Waals surface area (Å²) in [7, 11) is 0. The quantitative estimate of drug-likeness (QED) is 0.874. The van der Waals surface area contributed by atoms with Crippen LogP contribution in [0.1, 0.15) is 42.6 Å². The topological polar surface area (TPSA) is 66.4 Å². The summed E-state index contributed by atoms with van der Waals surface area (Å²) < 4.78 is 26.7. The second kappa shape index (κ2) is 5.98. The lowest BCUT2D eigenvalue weighted by Crippen LogP contribution is -2.52. The van der Waals surface area contributed by atoms with E-state index < -0.39 is 29.0 Å². The van der Waals surface area contributed by atoms with Gasteiger partial charge in [0.1, 0.15) is 17.2 Å². The number of amides is 1. The van der Waals surface area contributed by atoms with E-state index in [1.165, 1.54) is 13.8 Å². The molecule has 2 N–H and O–H groups in total. The van der Waals surface area contributed by atoms with Crippen LogP contribution in [0, 0.1) is 18.6 Å². The molecule has 0 aliphatic rings. The van der Waals surface area contributed by atoms with Crippen LogP contribution in [0.15, 0.2) is 12.1 Å². The van der Waals surface area contributed by atoms with Crippen LogP contribution >= 0.6 is 0 Å². The van der Waals surface area contributed by atoms with E-state index in [0.717, 1.165) is 6.07 Å². The maximum Gasteiger partial charge on any atom is 0.329 e. The highest BCUT2D eigenvalue weighted by molar-refractivity contribution is 5.98. The maximum atomic E-state index is 13.6. The largest absolute Gasteiger partial charge is 0.480 e. The highest BCUT2D eigenvalue weighted by atomic mass is 19.1. The molecule has 1 amide bonds. The van der Waals surface area contributed by atoms with E-state index in [0.29, 0.717) is 12.5 Å². The Morgan fingerprint density at radius 3 is 2.40 bits per heavy atom. The van der Waals surface area contributed by atoms with Gasteiger partial charge < -0.3 is 10.4 Å². The summed E-state index contributed by atoms with van der Waals surface area (Å²) in [6.45, 7) is 4.52. The van der Waals surface area contributed by atoms with Crippen molar-refractivity contribution in [3.63, 3.8) is 0 Å². The third-order valence-corrected chi connectivity index (χ3v) is 3.10. The van der Waals surface area contributed by atoms with Gasteiger partial charge in [-0.2, -0.15) is 0 Å². The van der Waals surface area contributed by atoms with Crippen molar-refractivity contribution in [2.75, 3.05) is 0 Å². The smallest absolute Gasteiger partial charge is 0.329 e. The third kappa shape index (κ3) is 3.31. The van der Waals surface area contributed by atoms with Crippen molar-refractivity contribution in [3.05, 3.63) is 34.9 Å². The monoisotopic (exact) mass is 285 g/mol. The zero-order chi connectivity index (χ0) is 15.5. The van der Waals surface area contributed by atoms with E-state index in [9.17, 15) is 18.4 Å². The van der Waals surface area contributed by atoms with E-state index in [4.69, 9.17) is 5.11 Å². The number of carboxylic acids is 1. The molecule has 20 heavy (non-hydrogen) atoms. The molecule has 0 radical (unpaired) electrons. The second-order valence-electron chi connectivity index (χ2n) is 4.92. The summed E-state index contributed by atoms with van der Waals surface area (Å²) in [5.74, 6) is -3.85. The Bertz CT molecular complexity index is 545. The van der Waals surface area contributed by atoms with Gasteiger partial charge in [0.05, 0.1) is 5.56 Å². The lowest BCUT2D eigenvalue weighted by molar-refractivity contribution is -0.144. The van der Waals surface area contributed by atoms with Crippen LogP contribution < -0.4 is 5.32 Å². The van der Waals surface area contributed by atoms with Gasteiger partial charge in [0.15, 0.2) is 0 Å². The Morgan fingerprint density at radius 1 is 1.30 bits per heavy atom. The van der Waals surface area contributed by atoms with E-state index >= 15 is 0 Å². The summed E-state index contributed by atoms with van der Waals surface area (Å²) >= 11 is 0. The molecule has 0 heterocycles. The first-order valence-corrected chi connectivity index (χ1v) is 6.23. The van der Waals surface area contributed by atoms with Crippen molar-refractivity contribution in [2.45, 2.75) is 39.2 Å². The summed E-state index contributed by atoms with van der Waals surface area (Å²) in [6, 6.07) is 1.68. The van der Waals surface area contributed by atoms with Crippen molar-refractivity contribution < 1.29 is 23.5 Å². The number of aryl methyl sites for hydroxylation is 1. The van der Waals surface area contributed by atoms with Gasteiger partial charge in [-0.3, -0.25) is 4.79 Å². The van der Waals surface area contributed by atoms with E-state index in [-0.39, 0.29) is 17.5 Å². The molecular formula is C14H17F2NO3. The number of carboxylic acid groups (broad SMARTS) is 1. The van der Waals surface area contributed by atoms with Crippen molar-refractivity contribution in [1.82, 2.24) is 5.32 Å².